The van der Waals surface area contributed by atoms with Crippen molar-refractivity contribution in [2.75, 3.05) is 21.6 Å². The molecule has 0 fully saturated rings. The lowest BCUT2D eigenvalue weighted by molar-refractivity contribution is -0.137. The zero-order chi connectivity index (χ0) is 21.8. The highest BCUT2D eigenvalue weighted by atomic mass is 32.2. The summed E-state index contributed by atoms with van der Waals surface area (Å²) in [5.74, 6) is 0.110. The number of carbonyl (C=O) groups is 1. The van der Waals surface area contributed by atoms with Crippen LogP contribution >= 0.6 is 11.8 Å². The molecule has 10 heteroatoms. The van der Waals surface area contributed by atoms with Gasteiger partial charge in [-0.1, -0.05) is 25.1 Å². The van der Waals surface area contributed by atoms with Crippen molar-refractivity contribution in [3.8, 4) is 0 Å². The van der Waals surface area contributed by atoms with E-state index in [4.69, 9.17) is 0 Å². The second kappa shape index (κ2) is 9.08. The number of thioether (sulfide) groups is 1. The van der Waals surface area contributed by atoms with E-state index in [9.17, 15) is 26.4 Å². The fourth-order valence-corrected chi connectivity index (χ4v) is 4.64. The second-order valence-corrected chi connectivity index (χ2v) is 9.37. The van der Waals surface area contributed by atoms with Crippen LogP contribution in [-0.4, -0.2) is 32.4 Å². The average Bonchev–Trinajstić information content (AvgIpc) is 2.62. The second-order valence-electron chi connectivity index (χ2n) is 6.20. The normalized spacial score (nSPS) is 13.0. The maximum Gasteiger partial charge on any atom is 0.416 e. The lowest BCUT2D eigenvalue weighted by atomic mass is 10.1. The summed E-state index contributed by atoms with van der Waals surface area (Å²) in [6.07, 6.45) is -3.79. The molecular weight excluding hydrogens is 425 g/mol. The Morgan fingerprint density at radius 3 is 2.41 bits per heavy atom. The van der Waals surface area contributed by atoms with Gasteiger partial charge in [-0.05, 0) is 43.0 Å². The van der Waals surface area contributed by atoms with Crippen LogP contribution in [0.2, 0.25) is 0 Å². The fourth-order valence-electron chi connectivity index (χ4n) is 2.72. The number of halogens is 3. The Balaban J connectivity index is 2.38. The Bertz CT molecular complexity index is 979. The predicted molar refractivity (Wildman–Crippen MR) is 110 cm³/mol. The van der Waals surface area contributed by atoms with Crippen LogP contribution in [0.4, 0.5) is 24.5 Å². The average molecular weight is 447 g/mol. The van der Waals surface area contributed by atoms with Gasteiger partial charge in [-0.25, -0.2) is 8.42 Å². The number of anilines is 2. The largest absolute Gasteiger partial charge is 0.416 e. The van der Waals surface area contributed by atoms with Gasteiger partial charge in [0, 0.05) is 4.90 Å². The smallest absolute Gasteiger partial charge is 0.323 e. The van der Waals surface area contributed by atoms with Crippen molar-refractivity contribution in [2.45, 2.75) is 31.0 Å². The zero-order valence-electron chi connectivity index (χ0n) is 16.0. The molecule has 2 aromatic rings. The van der Waals surface area contributed by atoms with Crippen molar-refractivity contribution < 1.29 is 26.4 Å². The first-order chi connectivity index (χ1) is 13.4. The molecule has 5 nitrogen and oxygen atoms in total. The van der Waals surface area contributed by atoms with Gasteiger partial charge in [-0.15, -0.1) is 11.8 Å². The Morgan fingerprint density at radius 1 is 1.17 bits per heavy atom. The van der Waals surface area contributed by atoms with Crippen LogP contribution in [0.25, 0.3) is 0 Å². The maximum atomic E-state index is 13.0. The molecule has 0 saturated heterocycles. The van der Waals surface area contributed by atoms with Gasteiger partial charge < -0.3 is 5.32 Å². The quantitative estimate of drug-likeness (QED) is 0.631. The first-order valence-corrected chi connectivity index (χ1v) is 11.5. The number of nitrogens with zero attached hydrogens (tertiary/aromatic N) is 1. The molecule has 1 amide bonds. The number of nitrogens with one attached hydrogen (secondary N) is 1. The summed E-state index contributed by atoms with van der Waals surface area (Å²) in [7, 11) is -4.04. The van der Waals surface area contributed by atoms with E-state index in [0.717, 1.165) is 29.0 Å². The molecule has 0 heterocycles. The number of rotatable bonds is 7. The van der Waals surface area contributed by atoms with Crippen LogP contribution in [0, 0.1) is 0 Å². The minimum atomic E-state index is -4.64. The molecule has 0 saturated carbocycles. The van der Waals surface area contributed by atoms with Crippen molar-refractivity contribution in [3.05, 3.63) is 54.1 Å². The summed E-state index contributed by atoms with van der Waals surface area (Å²) in [6, 6.07) is 9.64. The van der Waals surface area contributed by atoms with E-state index < -0.39 is 33.7 Å². The monoisotopic (exact) mass is 446 g/mol. The molecule has 0 aliphatic rings. The lowest BCUT2D eigenvalue weighted by Gasteiger charge is -2.29. The van der Waals surface area contributed by atoms with Gasteiger partial charge in [-0.3, -0.25) is 9.10 Å². The predicted octanol–water partition coefficient (Wildman–Crippen LogP) is 4.61. The van der Waals surface area contributed by atoms with Gasteiger partial charge in [0.05, 0.1) is 23.2 Å². The van der Waals surface area contributed by atoms with E-state index in [-0.39, 0.29) is 5.69 Å². The van der Waals surface area contributed by atoms with Crippen LogP contribution in [0.3, 0.4) is 0 Å². The maximum absolute atomic E-state index is 13.0. The van der Waals surface area contributed by atoms with E-state index in [2.05, 4.69) is 5.32 Å². The molecule has 0 unspecified atom stereocenters. The van der Waals surface area contributed by atoms with E-state index in [0.29, 0.717) is 16.1 Å². The molecule has 2 aromatic carbocycles. The molecule has 0 radical (unpaired) electrons. The van der Waals surface area contributed by atoms with Crippen LogP contribution < -0.4 is 9.62 Å². The van der Waals surface area contributed by atoms with Crippen LogP contribution in [-0.2, 0) is 21.0 Å². The van der Waals surface area contributed by atoms with E-state index in [1.165, 1.54) is 24.8 Å². The summed E-state index contributed by atoms with van der Waals surface area (Å²) in [4.78, 5) is 13.6. The van der Waals surface area contributed by atoms with Gasteiger partial charge in [0.2, 0.25) is 15.9 Å². The molecule has 1 atom stereocenters. The molecule has 29 heavy (non-hydrogen) atoms. The lowest BCUT2D eigenvalue weighted by Crippen LogP contribution is -2.45. The molecule has 158 valence electrons. The first kappa shape index (κ1) is 23.1. The van der Waals surface area contributed by atoms with E-state index >= 15 is 0 Å². The summed E-state index contributed by atoms with van der Waals surface area (Å²) >= 11 is 1.50. The summed E-state index contributed by atoms with van der Waals surface area (Å²) in [5, 5.41) is 2.67. The third kappa shape index (κ3) is 5.89. The van der Waals surface area contributed by atoms with Crippen molar-refractivity contribution in [3.63, 3.8) is 0 Å². The number of hydrogen-bond donors (Lipinski definition) is 1. The van der Waals surface area contributed by atoms with E-state index in [1.807, 2.05) is 19.1 Å². The summed E-state index contributed by atoms with van der Waals surface area (Å²) in [5.41, 5.74) is -0.726. The number of benzene rings is 2. The van der Waals surface area contributed by atoms with Gasteiger partial charge in [0.15, 0.2) is 0 Å². The van der Waals surface area contributed by atoms with Gasteiger partial charge in [0.25, 0.3) is 0 Å². The highest BCUT2D eigenvalue weighted by molar-refractivity contribution is 7.99. The van der Waals surface area contributed by atoms with E-state index in [1.54, 1.807) is 12.1 Å². The minimum absolute atomic E-state index is 0.235. The molecule has 1 N–H and O–H groups in total. The topological polar surface area (TPSA) is 66.5 Å². The SMILES string of the molecule is CCSc1ccccc1NC(=O)[C@H](C)N(c1cccc(C(F)(F)F)c1)S(C)(=O)=O. The van der Waals surface area contributed by atoms with Gasteiger partial charge >= 0.3 is 6.18 Å². The summed E-state index contributed by atoms with van der Waals surface area (Å²) in [6.45, 7) is 3.27. The number of hydrogen-bond acceptors (Lipinski definition) is 4. The Morgan fingerprint density at radius 2 is 1.83 bits per heavy atom. The summed E-state index contributed by atoms with van der Waals surface area (Å²) < 4.78 is 64.5. The number of alkyl halides is 3. The molecular formula is C19H21F3N2O3S2. The Labute approximate surface area is 172 Å². The molecule has 2 rings (SSSR count). The fraction of sp³-hybridized carbons (Fsp3) is 0.316. The molecule has 0 aliphatic carbocycles. The standard InChI is InChI=1S/C19H21F3N2O3S2/c1-4-28-17-11-6-5-10-16(17)23-18(25)13(2)24(29(3,26)27)15-9-7-8-14(12-15)19(20,21)22/h5-13H,4H2,1-3H3,(H,23,25)/t13-/m0/s1. The number of sulfonamides is 1. The van der Waals surface area contributed by atoms with Crippen molar-refractivity contribution in [2.24, 2.45) is 0 Å². The van der Waals surface area contributed by atoms with Crippen molar-refractivity contribution >= 4 is 39.1 Å². The minimum Gasteiger partial charge on any atom is -0.323 e. The highest BCUT2D eigenvalue weighted by Crippen LogP contribution is 2.33. The number of para-hydroxylation sites is 1. The van der Waals surface area contributed by atoms with Crippen molar-refractivity contribution in [1.82, 2.24) is 0 Å². The third-order valence-corrected chi connectivity index (χ3v) is 6.16. The molecule has 0 aliphatic heterocycles. The molecule has 0 bridgehead atoms. The first-order valence-electron chi connectivity index (χ1n) is 8.64. The Hall–Kier alpha value is -2.20. The van der Waals surface area contributed by atoms with Crippen LogP contribution in [0.1, 0.15) is 19.4 Å². The third-order valence-electron chi connectivity index (χ3n) is 3.96. The van der Waals surface area contributed by atoms with Gasteiger partial charge in [0.1, 0.15) is 6.04 Å². The molecule has 0 aromatic heterocycles. The van der Waals surface area contributed by atoms with Crippen LogP contribution in [0.5, 0.6) is 0 Å². The number of carbonyl (C=O) groups excluding carboxylic acids is 1. The molecule has 0 spiro atoms. The zero-order valence-corrected chi connectivity index (χ0v) is 17.7. The Kier molecular flexibility index (Phi) is 7.23. The van der Waals surface area contributed by atoms with Crippen LogP contribution in [0.15, 0.2) is 53.4 Å². The number of amides is 1. The van der Waals surface area contributed by atoms with Crippen molar-refractivity contribution in [1.29, 1.82) is 0 Å². The highest BCUT2D eigenvalue weighted by Gasteiger charge is 2.34. The van der Waals surface area contributed by atoms with Gasteiger partial charge in [-0.2, -0.15) is 13.2 Å².